The smallest absolute Gasteiger partial charge is 0.302 e. The van der Waals surface area contributed by atoms with Crippen LogP contribution in [0, 0.1) is 5.92 Å². The number of benzene rings is 1. The van der Waals surface area contributed by atoms with Crippen molar-refractivity contribution < 1.29 is 33.5 Å². The fourth-order valence-corrected chi connectivity index (χ4v) is 4.10. The van der Waals surface area contributed by atoms with E-state index < -0.39 is 23.9 Å². The summed E-state index contributed by atoms with van der Waals surface area (Å²) in [6, 6.07) is 5.08. The first-order valence-electron chi connectivity index (χ1n) is 12.7. The predicted molar refractivity (Wildman–Crippen MR) is 147 cm³/mol. The quantitative estimate of drug-likeness (QED) is 0.167. The highest BCUT2D eigenvalue weighted by molar-refractivity contribution is 9.12. The van der Waals surface area contributed by atoms with Crippen molar-refractivity contribution in [2.75, 3.05) is 11.9 Å². The molecule has 1 aliphatic heterocycles. The maximum atomic E-state index is 12.8. The molecule has 1 aromatic rings. The van der Waals surface area contributed by atoms with Crippen LogP contribution < -0.4 is 16.0 Å². The average Bonchev–Trinajstić information content (AvgIpc) is 3.11. The van der Waals surface area contributed by atoms with Gasteiger partial charge < -0.3 is 20.7 Å². The van der Waals surface area contributed by atoms with Crippen molar-refractivity contribution in [1.29, 1.82) is 0 Å². The summed E-state index contributed by atoms with van der Waals surface area (Å²) in [5, 5.41) is 8.10. The number of nitrogens with one attached hydrogen (secondary N) is 3. The Morgan fingerprint density at radius 2 is 1.62 bits per heavy atom. The molecule has 0 aliphatic carbocycles. The standard InChI is InChI=1S/C27H35BrN4O7/c1-16(2)24(31-22(34)8-6-5-7-13-32-23(35)14-21(28)27(32)38)26(37)29-17(3)25(36)30-20-11-9-19(10-12-20)15-39-18(4)33/h9-12,14,16-17,24H,5-8,13,15H2,1-4H3,(H,29,37)(H,30,36)(H,31,34)/t17-,24-/m0/s1. The van der Waals surface area contributed by atoms with Crippen LogP contribution in [0.2, 0.25) is 0 Å². The third kappa shape index (κ3) is 10.3. The monoisotopic (exact) mass is 606 g/mol. The second-order valence-corrected chi connectivity index (χ2v) is 10.4. The zero-order valence-corrected chi connectivity index (χ0v) is 24.1. The van der Waals surface area contributed by atoms with Crippen LogP contribution in [0.4, 0.5) is 5.69 Å². The van der Waals surface area contributed by atoms with Gasteiger partial charge in [0.2, 0.25) is 17.7 Å². The van der Waals surface area contributed by atoms with E-state index >= 15 is 0 Å². The molecule has 0 saturated carbocycles. The molecule has 2 atom stereocenters. The molecule has 12 heteroatoms. The number of hydrogen-bond acceptors (Lipinski definition) is 7. The van der Waals surface area contributed by atoms with Crippen LogP contribution in [0.25, 0.3) is 0 Å². The molecule has 3 N–H and O–H groups in total. The lowest BCUT2D eigenvalue weighted by Gasteiger charge is -2.24. The average molecular weight is 608 g/mol. The lowest BCUT2D eigenvalue weighted by molar-refractivity contribution is -0.142. The van der Waals surface area contributed by atoms with Gasteiger partial charge in [0.1, 0.15) is 18.7 Å². The SMILES string of the molecule is CC(=O)OCc1ccc(NC(=O)[C@H](C)NC(=O)[C@@H](NC(=O)CCCCCN2C(=O)C=C(Br)C2=O)C(C)C)cc1. The molecule has 212 valence electrons. The van der Waals surface area contributed by atoms with Crippen LogP contribution in [0.1, 0.15) is 58.9 Å². The van der Waals surface area contributed by atoms with E-state index in [-0.39, 0.29) is 53.7 Å². The van der Waals surface area contributed by atoms with Crippen molar-refractivity contribution in [3.05, 3.63) is 40.4 Å². The number of imide groups is 1. The van der Waals surface area contributed by atoms with Crippen molar-refractivity contribution in [2.24, 2.45) is 5.92 Å². The molecule has 0 aromatic heterocycles. The molecule has 11 nitrogen and oxygen atoms in total. The third-order valence-electron chi connectivity index (χ3n) is 5.93. The molecular weight excluding hydrogens is 572 g/mol. The van der Waals surface area contributed by atoms with Gasteiger partial charge in [0.25, 0.3) is 11.8 Å². The van der Waals surface area contributed by atoms with E-state index in [1.54, 1.807) is 45.0 Å². The van der Waals surface area contributed by atoms with Crippen LogP contribution in [0.5, 0.6) is 0 Å². The third-order valence-corrected chi connectivity index (χ3v) is 6.50. The van der Waals surface area contributed by atoms with Gasteiger partial charge in [-0.15, -0.1) is 0 Å². The molecule has 0 bridgehead atoms. The number of nitrogens with zero attached hydrogens (tertiary/aromatic N) is 1. The van der Waals surface area contributed by atoms with Gasteiger partial charge in [0.05, 0.1) is 4.48 Å². The van der Waals surface area contributed by atoms with Crippen LogP contribution in [-0.4, -0.2) is 59.0 Å². The second-order valence-electron chi connectivity index (χ2n) is 9.58. The molecule has 1 aliphatic rings. The van der Waals surface area contributed by atoms with Gasteiger partial charge in [-0.05, 0) is 59.3 Å². The topological polar surface area (TPSA) is 151 Å². The van der Waals surface area contributed by atoms with Crippen molar-refractivity contribution in [3.63, 3.8) is 0 Å². The number of anilines is 1. The fourth-order valence-electron chi connectivity index (χ4n) is 3.69. The number of halogens is 1. The molecule has 0 spiro atoms. The summed E-state index contributed by atoms with van der Waals surface area (Å²) >= 11 is 3.05. The Balaban J connectivity index is 1.75. The molecule has 0 unspecified atom stereocenters. The second kappa shape index (κ2) is 15.2. The number of ether oxygens (including phenoxy) is 1. The summed E-state index contributed by atoms with van der Waals surface area (Å²) in [5.74, 6) is -2.51. The number of carbonyl (C=O) groups excluding carboxylic acids is 6. The van der Waals surface area contributed by atoms with Gasteiger partial charge in [0, 0.05) is 31.7 Å². The summed E-state index contributed by atoms with van der Waals surface area (Å²) < 4.78 is 5.17. The number of esters is 1. The minimum absolute atomic E-state index is 0.134. The Bertz CT molecular complexity index is 1120. The highest BCUT2D eigenvalue weighted by Crippen LogP contribution is 2.19. The highest BCUT2D eigenvalue weighted by Gasteiger charge is 2.29. The van der Waals surface area contributed by atoms with Crippen molar-refractivity contribution >= 4 is 57.1 Å². The number of unbranched alkanes of at least 4 members (excludes halogenated alkanes) is 2. The van der Waals surface area contributed by atoms with Gasteiger partial charge in [-0.25, -0.2) is 0 Å². The van der Waals surface area contributed by atoms with Crippen LogP contribution in [0.3, 0.4) is 0 Å². The van der Waals surface area contributed by atoms with E-state index in [2.05, 4.69) is 31.9 Å². The van der Waals surface area contributed by atoms with Crippen molar-refractivity contribution in [2.45, 2.75) is 72.1 Å². The lowest BCUT2D eigenvalue weighted by Crippen LogP contribution is -2.53. The molecule has 0 saturated heterocycles. The van der Waals surface area contributed by atoms with Crippen molar-refractivity contribution in [3.8, 4) is 0 Å². The van der Waals surface area contributed by atoms with E-state index in [4.69, 9.17) is 4.74 Å². The summed E-state index contributed by atoms with van der Waals surface area (Å²) in [4.78, 5) is 73.6. The summed E-state index contributed by atoms with van der Waals surface area (Å²) in [5.41, 5.74) is 1.28. The predicted octanol–water partition coefficient (Wildman–Crippen LogP) is 2.54. The molecule has 0 fully saturated rings. The van der Waals surface area contributed by atoms with Crippen molar-refractivity contribution in [1.82, 2.24) is 15.5 Å². The van der Waals surface area contributed by atoms with Crippen LogP contribution in [-0.2, 0) is 40.1 Å². The van der Waals surface area contributed by atoms with Crippen LogP contribution in [0.15, 0.2) is 34.8 Å². The Labute approximate surface area is 236 Å². The van der Waals surface area contributed by atoms with Gasteiger partial charge in [-0.3, -0.25) is 33.7 Å². The first kappa shape index (κ1) is 31.7. The largest absolute Gasteiger partial charge is 0.461 e. The molecule has 2 rings (SSSR count). The number of amides is 5. The zero-order chi connectivity index (χ0) is 29.1. The Hall–Kier alpha value is -3.54. The van der Waals surface area contributed by atoms with E-state index in [0.717, 1.165) is 10.5 Å². The molecule has 5 amide bonds. The maximum Gasteiger partial charge on any atom is 0.302 e. The minimum Gasteiger partial charge on any atom is -0.461 e. The molecule has 1 heterocycles. The van der Waals surface area contributed by atoms with E-state index in [1.165, 1.54) is 13.0 Å². The van der Waals surface area contributed by atoms with Gasteiger partial charge in [0.15, 0.2) is 0 Å². The molecule has 0 radical (unpaired) electrons. The highest BCUT2D eigenvalue weighted by atomic mass is 79.9. The van der Waals surface area contributed by atoms with Gasteiger partial charge in [-0.2, -0.15) is 0 Å². The Morgan fingerprint density at radius 3 is 2.18 bits per heavy atom. The summed E-state index contributed by atoms with van der Waals surface area (Å²) in [6.07, 6.45) is 3.15. The first-order valence-corrected chi connectivity index (χ1v) is 13.5. The number of rotatable bonds is 14. The number of carbonyl (C=O) groups is 6. The van der Waals surface area contributed by atoms with Crippen LogP contribution >= 0.6 is 15.9 Å². The zero-order valence-electron chi connectivity index (χ0n) is 22.5. The lowest BCUT2D eigenvalue weighted by atomic mass is 10.0. The van der Waals surface area contributed by atoms with Gasteiger partial charge in [-0.1, -0.05) is 32.4 Å². The summed E-state index contributed by atoms with van der Waals surface area (Å²) in [6.45, 7) is 6.87. The fraction of sp³-hybridized carbons (Fsp3) is 0.481. The van der Waals surface area contributed by atoms with E-state index in [1.807, 2.05) is 0 Å². The first-order chi connectivity index (χ1) is 18.4. The van der Waals surface area contributed by atoms with E-state index in [0.29, 0.717) is 24.9 Å². The number of hydrogen-bond donors (Lipinski definition) is 3. The molecule has 1 aromatic carbocycles. The normalized spacial score (nSPS) is 14.5. The van der Waals surface area contributed by atoms with Gasteiger partial charge >= 0.3 is 5.97 Å². The summed E-state index contributed by atoms with van der Waals surface area (Å²) in [7, 11) is 0. The van der Waals surface area contributed by atoms with E-state index in [9.17, 15) is 28.8 Å². The Kier molecular flexibility index (Phi) is 12.3. The Morgan fingerprint density at radius 1 is 0.949 bits per heavy atom. The molecule has 39 heavy (non-hydrogen) atoms. The maximum absolute atomic E-state index is 12.8. The molecular formula is C27H35BrN4O7. The minimum atomic E-state index is -0.859.